The van der Waals surface area contributed by atoms with E-state index in [-0.39, 0.29) is 11.8 Å². The summed E-state index contributed by atoms with van der Waals surface area (Å²) < 4.78 is 2.12. The molecule has 0 atom stereocenters. The Morgan fingerprint density at radius 1 is 0.839 bits per heavy atom. The van der Waals surface area contributed by atoms with Gasteiger partial charge in [0.2, 0.25) is 5.91 Å². The van der Waals surface area contributed by atoms with Crippen LogP contribution in [0.2, 0.25) is 0 Å². The molecule has 0 bridgehead atoms. The molecule has 5 nitrogen and oxygen atoms in total. The summed E-state index contributed by atoms with van der Waals surface area (Å²) in [5, 5.41) is 6.99. The Kier molecular flexibility index (Phi) is 6.69. The molecule has 0 radical (unpaired) electrons. The van der Waals surface area contributed by atoms with Crippen molar-refractivity contribution >= 4 is 40.2 Å². The summed E-state index contributed by atoms with van der Waals surface area (Å²) in [6.07, 6.45) is 2.06. The van der Waals surface area contributed by atoms with Gasteiger partial charge in [0, 0.05) is 46.3 Å². The third-order valence-corrected chi connectivity index (χ3v) is 5.89. The minimum Gasteiger partial charge on any atom is -0.350 e. The second kappa shape index (κ2) is 10.00. The zero-order chi connectivity index (χ0) is 21.5. The summed E-state index contributed by atoms with van der Waals surface area (Å²) in [4.78, 5) is 25.6. The molecule has 2 N–H and O–H groups in total. The van der Waals surface area contributed by atoms with E-state index in [9.17, 15) is 9.59 Å². The maximum atomic E-state index is 12.3. The van der Waals surface area contributed by atoms with E-state index in [0.29, 0.717) is 24.4 Å². The Hall–Kier alpha value is -3.51. The Morgan fingerprint density at radius 2 is 1.52 bits per heavy atom. The lowest BCUT2D eigenvalue weighted by Gasteiger charge is -2.07. The quantitative estimate of drug-likeness (QED) is 0.396. The van der Waals surface area contributed by atoms with Gasteiger partial charge in [-0.3, -0.25) is 9.59 Å². The van der Waals surface area contributed by atoms with Crippen molar-refractivity contribution in [3.8, 4) is 0 Å². The van der Waals surface area contributed by atoms with Crippen molar-refractivity contribution in [1.82, 2.24) is 9.88 Å². The number of hydrogen-bond donors (Lipinski definition) is 2. The number of hydrogen-bond acceptors (Lipinski definition) is 3. The molecule has 0 aliphatic rings. The third-order valence-electron chi connectivity index (χ3n) is 4.84. The van der Waals surface area contributed by atoms with Crippen molar-refractivity contribution < 1.29 is 9.59 Å². The van der Waals surface area contributed by atoms with Crippen LogP contribution in [-0.4, -0.2) is 28.7 Å². The maximum Gasteiger partial charge on any atom is 0.251 e. The molecule has 0 fully saturated rings. The molecule has 3 aromatic carbocycles. The molecule has 0 saturated heterocycles. The molecule has 4 aromatic rings. The van der Waals surface area contributed by atoms with Crippen LogP contribution in [0.4, 0.5) is 5.69 Å². The van der Waals surface area contributed by atoms with E-state index >= 15 is 0 Å². The second-order valence-electron chi connectivity index (χ2n) is 7.03. The molecular formula is C25H23N3O2S. The monoisotopic (exact) mass is 429 g/mol. The van der Waals surface area contributed by atoms with Crippen LogP contribution in [0.5, 0.6) is 0 Å². The van der Waals surface area contributed by atoms with Crippen molar-refractivity contribution in [1.29, 1.82) is 0 Å². The molecule has 1 heterocycles. The van der Waals surface area contributed by atoms with Crippen LogP contribution in [0, 0.1) is 0 Å². The highest BCUT2D eigenvalue weighted by molar-refractivity contribution is 8.00. The first-order valence-electron chi connectivity index (χ1n) is 10.1. The summed E-state index contributed by atoms with van der Waals surface area (Å²) >= 11 is 1.51. The summed E-state index contributed by atoms with van der Waals surface area (Å²) in [6.45, 7) is 1.17. The zero-order valence-electron chi connectivity index (χ0n) is 17.0. The lowest BCUT2D eigenvalue weighted by molar-refractivity contribution is -0.113. The molecule has 156 valence electrons. The number of fused-ring (bicyclic) bond motifs is 1. The van der Waals surface area contributed by atoms with Crippen molar-refractivity contribution in [2.45, 2.75) is 11.4 Å². The number of thioether (sulfide) groups is 1. The first kappa shape index (κ1) is 20.8. The molecular weight excluding hydrogens is 406 g/mol. The van der Waals surface area contributed by atoms with Crippen LogP contribution in [0.1, 0.15) is 10.4 Å². The van der Waals surface area contributed by atoms with Gasteiger partial charge < -0.3 is 15.2 Å². The molecule has 31 heavy (non-hydrogen) atoms. The van der Waals surface area contributed by atoms with Gasteiger partial charge in [-0.25, -0.2) is 0 Å². The Balaban J connectivity index is 1.39. The topological polar surface area (TPSA) is 63.1 Å². The molecule has 2 amide bonds. The second-order valence-corrected chi connectivity index (χ2v) is 8.05. The summed E-state index contributed by atoms with van der Waals surface area (Å²) in [5.74, 6) is 0.209. The number of rotatable bonds is 8. The van der Waals surface area contributed by atoms with Gasteiger partial charge in [0.25, 0.3) is 5.91 Å². The molecule has 0 saturated carbocycles. The average Bonchev–Trinajstić information content (AvgIpc) is 3.17. The summed E-state index contributed by atoms with van der Waals surface area (Å²) in [6, 6.07) is 26.8. The molecule has 1 aromatic heterocycles. The summed E-state index contributed by atoms with van der Waals surface area (Å²) in [5.41, 5.74) is 2.53. The van der Waals surface area contributed by atoms with Crippen molar-refractivity contribution in [2.24, 2.45) is 0 Å². The van der Waals surface area contributed by atoms with Gasteiger partial charge in [-0.2, -0.15) is 0 Å². The standard InChI is InChI=1S/C25H23N3O2S/c29-24(27-20-11-5-2-6-12-20)18-31-23-17-28(22-14-8-7-13-21(22)23)16-15-26-25(30)19-9-3-1-4-10-19/h1-14,17H,15-16,18H2,(H,26,30)(H,27,29). The van der Waals surface area contributed by atoms with Crippen LogP contribution < -0.4 is 10.6 Å². The van der Waals surface area contributed by atoms with Crippen molar-refractivity contribution in [3.05, 3.63) is 96.7 Å². The largest absolute Gasteiger partial charge is 0.350 e. The molecule has 6 heteroatoms. The molecule has 0 spiro atoms. The number of para-hydroxylation sites is 2. The number of nitrogens with zero attached hydrogens (tertiary/aromatic N) is 1. The summed E-state index contributed by atoms with van der Waals surface area (Å²) in [7, 11) is 0. The van der Waals surface area contributed by atoms with E-state index in [1.807, 2.05) is 60.7 Å². The number of carbonyl (C=O) groups excluding carboxylic acids is 2. The van der Waals surface area contributed by atoms with Gasteiger partial charge in [-0.15, -0.1) is 11.8 Å². The van der Waals surface area contributed by atoms with Gasteiger partial charge in [0.1, 0.15) is 0 Å². The number of amides is 2. The number of anilines is 1. The van der Waals surface area contributed by atoms with E-state index in [1.54, 1.807) is 12.1 Å². The lowest BCUT2D eigenvalue weighted by atomic mass is 10.2. The normalized spacial score (nSPS) is 10.7. The molecule has 0 unspecified atom stereocenters. The highest BCUT2D eigenvalue weighted by Gasteiger charge is 2.11. The fourth-order valence-electron chi connectivity index (χ4n) is 3.36. The van der Waals surface area contributed by atoms with E-state index in [0.717, 1.165) is 21.5 Å². The smallest absolute Gasteiger partial charge is 0.251 e. The zero-order valence-corrected chi connectivity index (χ0v) is 17.8. The minimum atomic E-state index is -0.0794. The number of benzene rings is 3. The first-order valence-corrected chi connectivity index (χ1v) is 11.1. The van der Waals surface area contributed by atoms with E-state index < -0.39 is 0 Å². The van der Waals surface area contributed by atoms with Gasteiger partial charge in [0.15, 0.2) is 0 Å². The fourth-order valence-corrected chi connectivity index (χ4v) is 4.25. The fraction of sp³-hybridized carbons (Fsp3) is 0.120. The van der Waals surface area contributed by atoms with Gasteiger partial charge in [-0.05, 0) is 30.3 Å². The molecule has 0 aliphatic carbocycles. The van der Waals surface area contributed by atoms with Crippen LogP contribution >= 0.6 is 11.8 Å². The third kappa shape index (κ3) is 5.35. The Labute approximate surface area is 185 Å². The predicted molar refractivity (Wildman–Crippen MR) is 127 cm³/mol. The molecule has 4 rings (SSSR count). The van der Waals surface area contributed by atoms with Crippen LogP contribution in [0.3, 0.4) is 0 Å². The predicted octanol–water partition coefficient (Wildman–Crippen LogP) is 4.80. The maximum absolute atomic E-state index is 12.3. The highest BCUT2D eigenvalue weighted by atomic mass is 32.2. The van der Waals surface area contributed by atoms with Crippen LogP contribution in [0.25, 0.3) is 10.9 Å². The number of carbonyl (C=O) groups is 2. The highest BCUT2D eigenvalue weighted by Crippen LogP contribution is 2.30. The number of nitrogens with one attached hydrogen (secondary N) is 2. The Morgan fingerprint density at radius 3 is 2.29 bits per heavy atom. The van der Waals surface area contributed by atoms with Crippen molar-refractivity contribution in [2.75, 3.05) is 17.6 Å². The Bertz CT molecular complexity index is 1170. The van der Waals surface area contributed by atoms with Gasteiger partial charge >= 0.3 is 0 Å². The van der Waals surface area contributed by atoms with Crippen LogP contribution in [-0.2, 0) is 11.3 Å². The van der Waals surface area contributed by atoms with E-state index in [4.69, 9.17) is 0 Å². The van der Waals surface area contributed by atoms with Crippen LogP contribution in [0.15, 0.2) is 96.0 Å². The number of aromatic nitrogens is 1. The van der Waals surface area contributed by atoms with Gasteiger partial charge in [-0.1, -0.05) is 54.6 Å². The SMILES string of the molecule is O=C(CSc1cn(CCNC(=O)c2ccccc2)c2ccccc12)Nc1ccccc1. The average molecular weight is 430 g/mol. The first-order chi connectivity index (χ1) is 15.2. The van der Waals surface area contributed by atoms with E-state index in [1.165, 1.54) is 11.8 Å². The van der Waals surface area contributed by atoms with Gasteiger partial charge in [0.05, 0.1) is 5.75 Å². The lowest BCUT2D eigenvalue weighted by Crippen LogP contribution is -2.26. The minimum absolute atomic E-state index is 0.0387. The molecule has 0 aliphatic heterocycles. The van der Waals surface area contributed by atoms with E-state index in [2.05, 4.69) is 33.5 Å². The van der Waals surface area contributed by atoms with Crippen molar-refractivity contribution in [3.63, 3.8) is 0 Å².